The van der Waals surface area contributed by atoms with E-state index in [2.05, 4.69) is 0 Å². The van der Waals surface area contributed by atoms with Crippen molar-refractivity contribution in [3.63, 3.8) is 0 Å². The summed E-state index contributed by atoms with van der Waals surface area (Å²) >= 11 is 0. The van der Waals surface area contributed by atoms with Crippen LogP contribution < -0.4 is 0 Å². The maximum Gasteiger partial charge on any atom is 0.157 e. The van der Waals surface area contributed by atoms with Crippen LogP contribution in [-0.2, 0) is 14.2 Å². The fourth-order valence-corrected chi connectivity index (χ4v) is 2.20. The van der Waals surface area contributed by atoms with Crippen LogP contribution in [0.4, 0.5) is 0 Å². The van der Waals surface area contributed by atoms with Crippen molar-refractivity contribution in [3.8, 4) is 0 Å². The van der Waals surface area contributed by atoms with E-state index in [9.17, 15) is 5.11 Å². The third-order valence-corrected chi connectivity index (χ3v) is 3.34. The van der Waals surface area contributed by atoms with Crippen LogP contribution in [0.15, 0.2) is 0 Å². The maximum atomic E-state index is 9.21. The summed E-state index contributed by atoms with van der Waals surface area (Å²) in [6.07, 6.45) is 0.892. The lowest BCUT2D eigenvalue weighted by Crippen LogP contribution is -2.37. The Morgan fingerprint density at radius 2 is 1.68 bits per heavy atom. The molecular weight excluding hydrogens is 252 g/mol. The van der Waals surface area contributed by atoms with Crippen LogP contribution >= 0.6 is 0 Å². The first-order valence-corrected chi connectivity index (χ1v) is 6.80. The number of ether oxygens (including phenoxy) is 3. The highest BCUT2D eigenvalue weighted by atomic mass is 16.7. The molecule has 0 amide bonds. The van der Waals surface area contributed by atoms with Gasteiger partial charge < -0.3 is 29.5 Å². The Balaban J connectivity index is 0.000000191. The van der Waals surface area contributed by atoms with Gasteiger partial charge in [0.2, 0.25) is 0 Å². The predicted molar refractivity (Wildman–Crippen MR) is 68.4 cm³/mol. The first-order chi connectivity index (χ1) is 8.92. The highest BCUT2D eigenvalue weighted by Crippen LogP contribution is 2.19. The van der Waals surface area contributed by atoms with Crippen LogP contribution in [0, 0.1) is 0 Å². The normalized spacial score (nSPS) is 43.3. The molecule has 0 radical (unpaired) electrons. The van der Waals surface area contributed by atoms with Crippen molar-refractivity contribution in [1.29, 1.82) is 0 Å². The summed E-state index contributed by atoms with van der Waals surface area (Å²) in [7, 11) is 1.62. The predicted octanol–water partition coefficient (Wildman–Crippen LogP) is 0.383. The number of rotatable bonds is 1. The van der Waals surface area contributed by atoms with Gasteiger partial charge in [0.05, 0.1) is 24.4 Å². The second kappa shape index (κ2) is 8.14. The molecule has 2 fully saturated rings. The lowest BCUT2D eigenvalue weighted by Gasteiger charge is -2.30. The second-order valence-corrected chi connectivity index (χ2v) is 5.18. The minimum absolute atomic E-state index is 0.0104. The number of hydrogen-bond acceptors (Lipinski definition) is 6. The molecule has 2 rings (SSSR count). The van der Waals surface area contributed by atoms with Crippen molar-refractivity contribution in [1.82, 2.24) is 0 Å². The van der Waals surface area contributed by atoms with Gasteiger partial charge in [-0.3, -0.25) is 0 Å². The monoisotopic (exact) mass is 278 g/mol. The van der Waals surface area contributed by atoms with E-state index in [1.54, 1.807) is 7.11 Å². The Hall–Kier alpha value is -0.240. The third kappa shape index (κ3) is 6.16. The summed E-state index contributed by atoms with van der Waals surface area (Å²) in [5.41, 5.74) is 0. The molecule has 0 saturated carbocycles. The van der Waals surface area contributed by atoms with E-state index < -0.39 is 6.29 Å². The largest absolute Gasteiger partial charge is 0.393 e. The van der Waals surface area contributed by atoms with E-state index in [-0.39, 0.29) is 30.7 Å². The number of methoxy groups -OCH3 is 1. The van der Waals surface area contributed by atoms with Gasteiger partial charge in [0.15, 0.2) is 12.6 Å². The quantitative estimate of drug-likeness (QED) is 0.643. The van der Waals surface area contributed by atoms with Gasteiger partial charge in [-0.25, -0.2) is 0 Å². The van der Waals surface area contributed by atoms with E-state index in [1.807, 2.05) is 13.8 Å². The molecule has 6 atom stereocenters. The van der Waals surface area contributed by atoms with E-state index in [4.69, 9.17) is 24.4 Å². The maximum absolute atomic E-state index is 9.21. The van der Waals surface area contributed by atoms with Gasteiger partial charge in [-0.05, 0) is 26.7 Å². The fraction of sp³-hybridized carbons (Fsp3) is 1.00. The molecule has 0 spiro atoms. The lowest BCUT2D eigenvalue weighted by atomic mass is 10.1. The van der Waals surface area contributed by atoms with Crippen LogP contribution in [0.2, 0.25) is 0 Å². The van der Waals surface area contributed by atoms with Crippen molar-refractivity contribution >= 4 is 0 Å². The molecule has 2 heterocycles. The second-order valence-electron chi connectivity index (χ2n) is 5.18. The van der Waals surface area contributed by atoms with Gasteiger partial charge in [0.25, 0.3) is 0 Å². The standard InChI is InChI=1S/C7H14O3.C6H12O3/c1-5-6(8)3-4-7(9-2)10-5;1-4-2-5(7)3-6(8)9-4/h5-8H,3-4H2,1-2H3;4-8H,2-3H2,1H3/t5?,6-,7?;4?,5-,6?/m01/s1. The number of hydrogen-bond donors (Lipinski definition) is 3. The SMILES string of the molecule is CC1C[C@@H](O)CC(O)O1.COC1CC[C@H](O)C(C)O1. The van der Waals surface area contributed by atoms with Gasteiger partial charge in [0.1, 0.15) is 0 Å². The highest BCUT2D eigenvalue weighted by Gasteiger charge is 2.26. The Morgan fingerprint density at radius 1 is 1.00 bits per heavy atom. The first-order valence-electron chi connectivity index (χ1n) is 6.80. The zero-order valence-electron chi connectivity index (χ0n) is 11.9. The van der Waals surface area contributed by atoms with Crippen LogP contribution in [-0.4, -0.2) is 59.4 Å². The minimum atomic E-state index is -0.760. The Morgan fingerprint density at radius 3 is 2.16 bits per heavy atom. The van der Waals surface area contributed by atoms with Gasteiger partial charge in [-0.15, -0.1) is 0 Å². The van der Waals surface area contributed by atoms with Crippen LogP contribution in [0.25, 0.3) is 0 Å². The summed E-state index contributed by atoms with van der Waals surface area (Å²) in [6.45, 7) is 3.70. The van der Waals surface area contributed by atoms with Gasteiger partial charge in [0, 0.05) is 20.0 Å². The van der Waals surface area contributed by atoms with Crippen LogP contribution in [0.3, 0.4) is 0 Å². The van der Waals surface area contributed by atoms with E-state index in [0.29, 0.717) is 12.8 Å². The number of aliphatic hydroxyl groups is 3. The molecule has 114 valence electrons. The molecule has 3 N–H and O–H groups in total. The van der Waals surface area contributed by atoms with Gasteiger partial charge >= 0.3 is 0 Å². The molecule has 0 aliphatic carbocycles. The molecule has 0 aromatic carbocycles. The molecule has 6 heteroatoms. The van der Waals surface area contributed by atoms with Crippen LogP contribution in [0.5, 0.6) is 0 Å². The summed E-state index contributed by atoms with van der Waals surface area (Å²) in [5, 5.41) is 27.1. The van der Waals surface area contributed by atoms with Crippen molar-refractivity contribution in [2.75, 3.05) is 7.11 Å². The van der Waals surface area contributed by atoms with E-state index in [0.717, 1.165) is 12.8 Å². The summed E-state index contributed by atoms with van der Waals surface area (Å²) < 4.78 is 15.2. The molecular formula is C13H26O6. The van der Waals surface area contributed by atoms with Crippen molar-refractivity contribution in [2.24, 2.45) is 0 Å². The minimum Gasteiger partial charge on any atom is -0.393 e. The van der Waals surface area contributed by atoms with Crippen molar-refractivity contribution < 1.29 is 29.5 Å². The zero-order valence-corrected chi connectivity index (χ0v) is 11.9. The number of aliphatic hydroxyl groups excluding tert-OH is 3. The fourth-order valence-electron chi connectivity index (χ4n) is 2.20. The molecule has 0 bridgehead atoms. The Bertz CT molecular complexity index is 224. The highest BCUT2D eigenvalue weighted by molar-refractivity contribution is 4.70. The Kier molecular flexibility index (Phi) is 7.20. The molecule has 0 aromatic heterocycles. The molecule has 2 aliphatic rings. The first kappa shape index (κ1) is 16.8. The smallest absolute Gasteiger partial charge is 0.157 e. The molecule has 6 nitrogen and oxygen atoms in total. The summed E-state index contributed by atoms with van der Waals surface area (Å²) in [4.78, 5) is 0. The van der Waals surface area contributed by atoms with Gasteiger partial charge in [-0.2, -0.15) is 0 Å². The Labute approximate surface area is 114 Å². The van der Waals surface area contributed by atoms with Crippen LogP contribution in [0.1, 0.15) is 39.5 Å². The summed E-state index contributed by atoms with van der Waals surface area (Å²) in [5.74, 6) is 0. The van der Waals surface area contributed by atoms with E-state index in [1.165, 1.54) is 0 Å². The topological polar surface area (TPSA) is 88.4 Å². The molecule has 19 heavy (non-hydrogen) atoms. The molecule has 2 saturated heterocycles. The van der Waals surface area contributed by atoms with Gasteiger partial charge in [-0.1, -0.05) is 0 Å². The summed E-state index contributed by atoms with van der Waals surface area (Å²) in [6, 6.07) is 0. The average Bonchev–Trinajstić information content (AvgIpc) is 2.31. The lowest BCUT2D eigenvalue weighted by molar-refractivity contribution is -0.206. The molecule has 2 aliphatic heterocycles. The molecule has 4 unspecified atom stereocenters. The average molecular weight is 278 g/mol. The van der Waals surface area contributed by atoms with E-state index >= 15 is 0 Å². The van der Waals surface area contributed by atoms with Crippen molar-refractivity contribution in [3.05, 3.63) is 0 Å². The zero-order chi connectivity index (χ0) is 14.4. The molecule has 0 aromatic rings. The van der Waals surface area contributed by atoms with Crippen molar-refractivity contribution in [2.45, 2.75) is 76.5 Å². The third-order valence-electron chi connectivity index (χ3n) is 3.34.